The maximum atomic E-state index is 5.81. The Morgan fingerprint density at radius 1 is 1.33 bits per heavy atom. The highest BCUT2D eigenvalue weighted by molar-refractivity contribution is 4.81. The van der Waals surface area contributed by atoms with Crippen LogP contribution in [-0.4, -0.2) is 29.6 Å². The lowest BCUT2D eigenvalue weighted by atomic mass is 9.97. The second-order valence-corrected chi connectivity index (χ2v) is 4.30. The summed E-state index contributed by atoms with van der Waals surface area (Å²) in [5.41, 5.74) is 5.81. The van der Waals surface area contributed by atoms with Crippen molar-refractivity contribution in [1.29, 1.82) is 0 Å². The zero-order valence-corrected chi connectivity index (χ0v) is 8.59. The zero-order chi connectivity index (χ0) is 9.14. The van der Waals surface area contributed by atoms with Gasteiger partial charge in [0.2, 0.25) is 0 Å². The SMILES string of the molecule is CC(N)CN1[C@H](C)CCC[C@@H]1C. The molecule has 0 aromatic carbocycles. The van der Waals surface area contributed by atoms with Gasteiger partial charge in [-0.2, -0.15) is 0 Å². The van der Waals surface area contributed by atoms with Crippen LogP contribution in [0, 0.1) is 0 Å². The first kappa shape index (κ1) is 10.0. The molecule has 1 fully saturated rings. The van der Waals surface area contributed by atoms with Gasteiger partial charge in [0.1, 0.15) is 0 Å². The molecule has 0 saturated carbocycles. The van der Waals surface area contributed by atoms with Crippen LogP contribution in [0.25, 0.3) is 0 Å². The molecule has 0 aliphatic carbocycles. The van der Waals surface area contributed by atoms with E-state index >= 15 is 0 Å². The fraction of sp³-hybridized carbons (Fsp3) is 1.00. The maximum absolute atomic E-state index is 5.81. The van der Waals surface area contributed by atoms with Gasteiger partial charge < -0.3 is 5.73 Å². The molecule has 1 unspecified atom stereocenters. The van der Waals surface area contributed by atoms with E-state index in [1.165, 1.54) is 19.3 Å². The summed E-state index contributed by atoms with van der Waals surface area (Å²) in [4.78, 5) is 2.55. The lowest BCUT2D eigenvalue weighted by Gasteiger charge is -2.39. The molecule has 72 valence electrons. The van der Waals surface area contributed by atoms with Crippen LogP contribution in [-0.2, 0) is 0 Å². The Balaban J connectivity index is 2.45. The molecular weight excluding hydrogens is 148 g/mol. The molecule has 0 bridgehead atoms. The van der Waals surface area contributed by atoms with Gasteiger partial charge in [-0.3, -0.25) is 4.90 Å². The van der Waals surface area contributed by atoms with Crippen LogP contribution < -0.4 is 5.73 Å². The van der Waals surface area contributed by atoms with Crippen molar-refractivity contribution in [3.05, 3.63) is 0 Å². The quantitative estimate of drug-likeness (QED) is 0.682. The first-order valence-corrected chi connectivity index (χ1v) is 5.12. The normalized spacial score (nSPS) is 35.0. The topological polar surface area (TPSA) is 29.3 Å². The van der Waals surface area contributed by atoms with E-state index in [1.807, 2.05) is 0 Å². The first-order valence-electron chi connectivity index (χ1n) is 5.12. The lowest BCUT2D eigenvalue weighted by Crippen LogP contribution is -2.48. The predicted molar refractivity (Wildman–Crippen MR) is 53.1 cm³/mol. The van der Waals surface area contributed by atoms with Gasteiger partial charge in [0, 0.05) is 24.7 Å². The molecule has 3 atom stereocenters. The second kappa shape index (κ2) is 4.24. The average Bonchev–Trinajstić information content (AvgIpc) is 1.97. The Bertz CT molecular complexity index is 124. The van der Waals surface area contributed by atoms with E-state index in [0.717, 1.165) is 18.6 Å². The summed E-state index contributed by atoms with van der Waals surface area (Å²) in [5, 5.41) is 0. The Morgan fingerprint density at radius 2 is 1.83 bits per heavy atom. The van der Waals surface area contributed by atoms with Crippen LogP contribution in [0.4, 0.5) is 0 Å². The number of nitrogens with zero attached hydrogens (tertiary/aromatic N) is 1. The van der Waals surface area contributed by atoms with E-state index in [1.54, 1.807) is 0 Å². The maximum Gasteiger partial charge on any atom is 0.0139 e. The molecular formula is C10H22N2. The van der Waals surface area contributed by atoms with Crippen molar-refractivity contribution in [2.24, 2.45) is 5.73 Å². The van der Waals surface area contributed by atoms with Crippen LogP contribution in [0.5, 0.6) is 0 Å². The highest BCUT2D eigenvalue weighted by Gasteiger charge is 2.24. The zero-order valence-electron chi connectivity index (χ0n) is 8.59. The highest BCUT2D eigenvalue weighted by atomic mass is 15.2. The minimum Gasteiger partial charge on any atom is -0.327 e. The molecule has 0 radical (unpaired) electrons. The molecule has 1 rings (SSSR count). The number of piperidine rings is 1. The summed E-state index contributed by atoms with van der Waals surface area (Å²) < 4.78 is 0. The molecule has 12 heavy (non-hydrogen) atoms. The van der Waals surface area contributed by atoms with Crippen molar-refractivity contribution < 1.29 is 0 Å². The summed E-state index contributed by atoms with van der Waals surface area (Å²) in [5.74, 6) is 0. The van der Waals surface area contributed by atoms with Crippen LogP contribution in [0.1, 0.15) is 40.0 Å². The smallest absolute Gasteiger partial charge is 0.0139 e. The molecule has 2 heteroatoms. The molecule has 0 amide bonds. The Morgan fingerprint density at radius 3 is 2.25 bits per heavy atom. The summed E-state index contributed by atoms with van der Waals surface area (Å²) in [6, 6.07) is 1.78. The Labute approximate surface area is 76.1 Å². The molecule has 2 N–H and O–H groups in total. The minimum atomic E-state index is 0.313. The monoisotopic (exact) mass is 170 g/mol. The third-order valence-electron chi connectivity index (χ3n) is 2.87. The minimum absolute atomic E-state index is 0.313. The van der Waals surface area contributed by atoms with Gasteiger partial charge in [0.15, 0.2) is 0 Å². The third-order valence-corrected chi connectivity index (χ3v) is 2.87. The van der Waals surface area contributed by atoms with Crippen molar-refractivity contribution in [2.75, 3.05) is 6.54 Å². The molecule has 0 spiro atoms. The molecule has 1 saturated heterocycles. The van der Waals surface area contributed by atoms with Crippen molar-refractivity contribution in [2.45, 2.75) is 58.2 Å². The molecule has 2 nitrogen and oxygen atoms in total. The van der Waals surface area contributed by atoms with Gasteiger partial charge in [-0.1, -0.05) is 6.42 Å². The van der Waals surface area contributed by atoms with Gasteiger partial charge >= 0.3 is 0 Å². The summed E-state index contributed by atoms with van der Waals surface area (Å²) in [6.45, 7) is 7.78. The van der Waals surface area contributed by atoms with Gasteiger partial charge in [0.25, 0.3) is 0 Å². The van der Waals surface area contributed by atoms with Crippen LogP contribution in [0.15, 0.2) is 0 Å². The summed E-state index contributed by atoms with van der Waals surface area (Å²) in [7, 11) is 0. The van der Waals surface area contributed by atoms with Crippen LogP contribution >= 0.6 is 0 Å². The van der Waals surface area contributed by atoms with Crippen molar-refractivity contribution in [1.82, 2.24) is 4.90 Å². The number of nitrogens with two attached hydrogens (primary N) is 1. The highest BCUT2D eigenvalue weighted by Crippen LogP contribution is 2.21. The molecule has 0 aromatic heterocycles. The standard InChI is InChI=1S/C10H22N2/c1-8(11)7-12-9(2)5-4-6-10(12)3/h8-10H,4-7,11H2,1-3H3/t8?,9-,10+. The molecule has 1 aliphatic rings. The molecule has 0 aromatic rings. The number of hydrogen-bond acceptors (Lipinski definition) is 2. The van der Waals surface area contributed by atoms with E-state index in [4.69, 9.17) is 5.73 Å². The lowest BCUT2D eigenvalue weighted by molar-refractivity contribution is 0.0981. The summed E-state index contributed by atoms with van der Waals surface area (Å²) >= 11 is 0. The first-order chi connectivity index (χ1) is 5.61. The van der Waals surface area contributed by atoms with E-state index in [9.17, 15) is 0 Å². The van der Waals surface area contributed by atoms with Gasteiger partial charge in [-0.05, 0) is 33.6 Å². The second-order valence-electron chi connectivity index (χ2n) is 4.30. The van der Waals surface area contributed by atoms with Crippen molar-refractivity contribution in [3.8, 4) is 0 Å². The van der Waals surface area contributed by atoms with Gasteiger partial charge in [-0.25, -0.2) is 0 Å². The van der Waals surface area contributed by atoms with Crippen LogP contribution in [0.2, 0.25) is 0 Å². The molecule has 1 heterocycles. The fourth-order valence-corrected chi connectivity index (χ4v) is 2.17. The number of likely N-dealkylation sites (tertiary alicyclic amines) is 1. The van der Waals surface area contributed by atoms with E-state index in [-0.39, 0.29) is 0 Å². The van der Waals surface area contributed by atoms with E-state index in [2.05, 4.69) is 25.7 Å². The van der Waals surface area contributed by atoms with Gasteiger partial charge in [0.05, 0.1) is 0 Å². The molecule has 1 aliphatic heterocycles. The average molecular weight is 170 g/mol. The third kappa shape index (κ3) is 2.46. The summed E-state index contributed by atoms with van der Waals surface area (Å²) in [6.07, 6.45) is 4.08. The fourth-order valence-electron chi connectivity index (χ4n) is 2.17. The van der Waals surface area contributed by atoms with Gasteiger partial charge in [-0.15, -0.1) is 0 Å². The van der Waals surface area contributed by atoms with E-state index in [0.29, 0.717) is 6.04 Å². The number of rotatable bonds is 2. The predicted octanol–water partition coefficient (Wildman–Crippen LogP) is 1.60. The van der Waals surface area contributed by atoms with Crippen molar-refractivity contribution in [3.63, 3.8) is 0 Å². The van der Waals surface area contributed by atoms with Crippen LogP contribution in [0.3, 0.4) is 0 Å². The van der Waals surface area contributed by atoms with E-state index < -0.39 is 0 Å². The van der Waals surface area contributed by atoms with Crippen molar-refractivity contribution >= 4 is 0 Å². The Kier molecular flexibility index (Phi) is 3.53. The largest absolute Gasteiger partial charge is 0.327 e. The number of hydrogen-bond donors (Lipinski definition) is 1. The Hall–Kier alpha value is -0.0800.